The van der Waals surface area contributed by atoms with Crippen molar-refractivity contribution in [3.63, 3.8) is 0 Å². The number of hydrogen-bond donors (Lipinski definition) is 4. The molecule has 0 bridgehead atoms. The van der Waals surface area contributed by atoms with E-state index in [1.807, 2.05) is 0 Å². The van der Waals surface area contributed by atoms with Crippen LogP contribution in [0.15, 0.2) is 24.3 Å². The molecule has 0 heterocycles. The van der Waals surface area contributed by atoms with E-state index in [-0.39, 0.29) is 44.9 Å². The Labute approximate surface area is 146 Å². The molecule has 128 valence electrons. The van der Waals surface area contributed by atoms with E-state index >= 15 is 0 Å². The molecule has 0 spiro atoms. The lowest BCUT2D eigenvalue weighted by Crippen LogP contribution is -2.49. The maximum atomic E-state index is 12.8. The Morgan fingerprint density at radius 3 is 2.36 bits per heavy atom. The third-order valence-corrected chi connectivity index (χ3v) is 5.34. The number of halogens is 1. The van der Waals surface area contributed by atoms with Crippen LogP contribution in [0.4, 0.5) is 0 Å². The number of hydrogen-bond acceptors (Lipinski definition) is 6. The predicted molar refractivity (Wildman–Crippen MR) is 88.2 cm³/mol. The summed E-state index contributed by atoms with van der Waals surface area (Å²) in [7, 11) is 0. The monoisotopic (exact) mass is 360 g/mol. The van der Waals surface area contributed by atoms with Gasteiger partial charge in [-0.2, -0.15) is 0 Å². The minimum absolute atomic E-state index is 0.0362. The molecule has 2 aromatic rings. The van der Waals surface area contributed by atoms with E-state index in [1.165, 1.54) is 25.1 Å². The van der Waals surface area contributed by atoms with Crippen LogP contribution in [0.1, 0.15) is 44.9 Å². The predicted octanol–water partition coefficient (Wildman–Crippen LogP) is 1.90. The molecule has 25 heavy (non-hydrogen) atoms. The van der Waals surface area contributed by atoms with Crippen LogP contribution in [0.3, 0.4) is 0 Å². The smallest absolute Gasteiger partial charge is 0.194 e. The SMILES string of the molecule is C[C@]1(Cl)C(=O)c2cc(O)c3c(c2[C@@H](O)[C@@H]1O)C(=O)c1cccc(O)c1-3. The zero-order valence-corrected chi connectivity index (χ0v) is 13.7. The summed E-state index contributed by atoms with van der Waals surface area (Å²) >= 11 is 6.08. The maximum absolute atomic E-state index is 12.8. The van der Waals surface area contributed by atoms with Crippen LogP contribution in [0.25, 0.3) is 11.1 Å². The Morgan fingerprint density at radius 2 is 1.68 bits per heavy atom. The second-order valence-electron chi connectivity index (χ2n) is 6.43. The molecule has 0 amide bonds. The van der Waals surface area contributed by atoms with Crippen molar-refractivity contribution in [1.29, 1.82) is 0 Å². The fraction of sp³-hybridized carbons (Fsp3) is 0.222. The van der Waals surface area contributed by atoms with Gasteiger partial charge >= 0.3 is 0 Å². The van der Waals surface area contributed by atoms with Gasteiger partial charge in [0.25, 0.3) is 0 Å². The number of fused-ring (bicyclic) bond motifs is 5. The standard InChI is InChI=1S/C18H13ClO6/c1-18(19)16(24)7-5-9(21)12-10-6(3-2-4-8(10)20)14(22)13(12)11(7)15(23)17(18)25/h2-5,15,17,20-21,23,25H,1H3/t15-,17+,18+/m1/s1. The molecule has 4 N–H and O–H groups in total. The van der Waals surface area contributed by atoms with Crippen molar-refractivity contribution in [2.24, 2.45) is 0 Å². The molecule has 4 rings (SSSR count). The number of carbonyl (C=O) groups is 2. The first-order chi connectivity index (χ1) is 11.7. The zero-order chi connectivity index (χ0) is 18.3. The topological polar surface area (TPSA) is 115 Å². The quantitative estimate of drug-likeness (QED) is 0.455. The summed E-state index contributed by atoms with van der Waals surface area (Å²) < 4.78 is 0. The summed E-state index contributed by atoms with van der Waals surface area (Å²) in [5.74, 6) is -1.84. The minimum Gasteiger partial charge on any atom is -0.507 e. The van der Waals surface area contributed by atoms with Gasteiger partial charge in [0.1, 0.15) is 28.6 Å². The maximum Gasteiger partial charge on any atom is 0.194 e. The molecule has 0 radical (unpaired) electrons. The van der Waals surface area contributed by atoms with Crippen LogP contribution in [0.5, 0.6) is 11.5 Å². The number of rotatable bonds is 0. The van der Waals surface area contributed by atoms with E-state index < -0.39 is 28.6 Å². The summed E-state index contributed by atoms with van der Waals surface area (Å²) in [5, 5.41) is 41.3. The average molecular weight is 361 g/mol. The van der Waals surface area contributed by atoms with Crippen molar-refractivity contribution in [2.75, 3.05) is 0 Å². The van der Waals surface area contributed by atoms with Crippen molar-refractivity contribution >= 4 is 23.2 Å². The second kappa shape index (κ2) is 4.82. The highest BCUT2D eigenvalue weighted by Gasteiger charge is 2.52. The fourth-order valence-corrected chi connectivity index (χ4v) is 3.87. The fourth-order valence-electron chi connectivity index (χ4n) is 3.65. The van der Waals surface area contributed by atoms with Gasteiger partial charge in [-0.3, -0.25) is 9.59 Å². The van der Waals surface area contributed by atoms with Crippen molar-refractivity contribution in [2.45, 2.75) is 24.0 Å². The first-order valence-electron chi connectivity index (χ1n) is 7.54. The van der Waals surface area contributed by atoms with Gasteiger partial charge in [0.15, 0.2) is 11.6 Å². The van der Waals surface area contributed by atoms with Crippen molar-refractivity contribution < 1.29 is 30.0 Å². The molecular formula is C18H13ClO6. The van der Waals surface area contributed by atoms with Crippen LogP contribution >= 0.6 is 11.6 Å². The van der Waals surface area contributed by atoms with Crippen molar-refractivity contribution in [1.82, 2.24) is 0 Å². The third kappa shape index (κ3) is 1.81. The molecule has 0 fully saturated rings. The molecule has 2 aromatic carbocycles. The lowest BCUT2D eigenvalue weighted by molar-refractivity contribution is -0.00808. The number of carbonyl (C=O) groups excluding carboxylic acids is 2. The molecular weight excluding hydrogens is 348 g/mol. The molecule has 0 unspecified atom stereocenters. The first kappa shape index (κ1) is 16.1. The van der Waals surface area contributed by atoms with Crippen molar-refractivity contribution in [3.05, 3.63) is 46.5 Å². The molecule has 2 aliphatic carbocycles. The molecule has 0 aromatic heterocycles. The summed E-state index contributed by atoms with van der Waals surface area (Å²) in [4.78, 5) is 23.7. The number of aliphatic hydroxyl groups excluding tert-OH is 2. The van der Waals surface area contributed by atoms with Crippen molar-refractivity contribution in [3.8, 4) is 22.6 Å². The molecule has 2 aliphatic rings. The Kier molecular flexibility index (Phi) is 3.10. The summed E-state index contributed by atoms with van der Waals surface area (Å²) in [6.07, 6.45) is -3.22. The molecule has 0 saturated carbocycles. The zero-order valence-electron chi connectivity index (χ0n) is 12.9. The van der Waals surface area contributed by atoms with Gasteiger partial charge in [-0.05, 0) is 19.1 Å². The number of aromatic hydroxyl groups is 2. The number of ketones is 2. The van der Waals surface area contributed by atoms with E-state index in [4.69, 9.17) is 11.6 Å². The normalized spacial score (nSPS) is 27.0. The highest BCUT2D eigenvalue weighted by molar-refractivity contribution is 6.39. The number of benzene rings is 2. The Morgan fingerprint density at radius 1 is 1.00 bits per heavy atom. The van der Waals surface area contributed by atoms with E-state index in [0.717, 1.165) is 6.07 Å². The lowest BCUT2D eigenvalue weighted by atomic mass is 9.76. The number of Topliss-reactive ketones (excluding diaryl/α,β-unsaturated/α-hetero) is 1. The van der Waals surface area contributed by atoms with Gasteiger partial charge < -0.3 is 20.4 Å². The van der Waals surface area contributed by atoms with Gasteiger partial charge in [0.2, 0.25) is 0 Å². The summed E-state index contributed by atoms with van der Waals surface area (Å²) in [5.41, 5.74) is 0.0204. The molecule has 7 heteroatoms. The van der Waals surface area contributed by atoms with Gasteiger partial charge in [-0.15, -0.1) is 11.6 Å². The van der Waals surface area contributed by atoms with E-state index in [1.54, 1.807) is 0 Å². The first-order valence-corrected chi connectivity index (χ1v) is 7.92. The average Bonchev–Trinajstić information content (AvgIpc) is 2.87. The number of aliphatic hydroxyl groups is 2. The third-order valence-electron chi connectivity index (χ3n) is 4.95. The minimum atomic E-state index is -1.79. The van der Waals surface area contributed by atoms with Crippen LogP contribution in [0.2, 0.25) is 0 Å². The van der Waals surface area contributed by atoms with E-state index in [9.17, 15) is 30.0 Å². The van der Waals surface area contributed by atoms with Crippen LogP contribution in [-0.4, -0.2) is 43.0 Å². The van der Waals surface area contributed by atoms with Gasteiger partial charge in [0, 0.05) is 33.4 Å². The molecule has 0 aliphatic heterocycles. The Hall–Kier alpha value is -2.41. The second-order valence-corrected chi connectivity index (χ2v) is 7.22. The highest BCUT2D eigenvalue weighted by Crippen LogP contribution is 2.52. The Balaban J connectivity index is 2.12. The number of alkyl halides is 1. The van der Waals surface area contributed by atoms with Gasteiger partial charge in [-0.25, -0.2) is 0 Å². The molecule has 3 atom stereocenters. The van der Waals surface area contributed by atoms with E-state index in [2.05, 4.69) is 0 Å². The largest absolute Gasteiger partial charge is 0.507 e. The van der Waals surface area contributed by atoms with Gasteiger partial charge in [0.05, 0.1) is 0 Å². The van der Waals surface area contributed by atoms with Crippen LogP contribution < -0.4 is 0 Å². The Bertz CT molecular complexity index is 978. The summed E-state index contributed by atoms with van der Waals surface area (Å²) in [6.45, 7) is 1.26. The number of phenolic OH excluding ortho intramolecular Hbond substituents is 2. The van der Waals surface area contributed by atoms with Crippen LogP contribution in [-0.2, 0) is 0 Å². The highest BCUT2D eigenvalue weighted by atomic mass is 35.5. The molecule has 6 nitrogen and oxygen atoms in total. The van der Waals surface area contributed by atoms with Gasteiger partial charge in [-0.1, -0.05) is 12.1 Å². The lowest BCUT2D eigenvalue weighted by Gasteiger charge is -2.37. The summed E-state index contributed by atoms with van der Waals surface area (Å²) in [6, 6.07) is 5.43. The number of phenols is 2. The molecule has 0 saturated heterocycles. The van der Waals surface area contributed by atoms with E-state index in [0.29, 0.717) is 0 Å². The van der Waals surface area contributed by atoms with Crippen LogP contribution in [0, 0.1) is 0 Å².